The van der Waals surface area contributed by atoms with Gasteiger partial charge in [0, 0.05) is 18.9 Å². The highest BCUT2D eigenvalue weighted by Crippen LogP contribution is 1.99. The molecule has 3 N–H and O–H groups in total. The summed E-state index contributed by atoms with van der Waals surface area (Å²) in [5, 5.41) is 19.5. The summed E-state index contributed by atoms with van der Waals surface area (Å²) in [6.07, 6.45) is 1.49. The van der Waals surface area contributed by atoms with Crippen molar-refractivity contribution in [3.05, 3.63) is 0 Å². The van der Waals surface area contributed by atoms with E-state index in [1.54, 1.807) is 6.92 Å². The number of hydrogen-bond acceptors (Lipinski definition) is 3. The molecule has 1 atom stereocenters. The molecule has 1 amide bonds. The third-order valence-electron chi connectivity index (χ3n) is 1.73. The molecule has 0 aliphatic carbocycles. The van der Waals surface area contributed by atoms with Crippen LogP contribution in [0.5, 0.6) is 0 Å². The summed E-state index contributed by atoms with van der Waals surface area (Å²) in [6.45, 7) is 1.62. The number of carbonyl (C=O) groups excluding carboxylic acids is 1. The molecule has 0 aromatic heterocycles. The van der Waals surface area contributed by atoms with Crippen molar-refractivity contribution in [3.8, 4) is 0 Å². The number of carboxylic acids is 1. The van der Waals surface area contributed by atoms with Gasteiger partial charge in [0.1, 0.15) is 0 Å². The molecule has 0 saturated carbocycles. The molecule has 14 heavy (non-hydrogen) atoms. The van der Waals surface area contributed by atoms with Crippen molar-refractivity contribution < 1.29 is 19.8 Å². The molecule has 82 valence electrons. The molecule has 0 aromatic rings. The summed E-state index contributed by atoms with van der Waals surface area (Å²) >= 11 is 0. The fraction of sp³-hybridized carbons (Fsp3) is 0.778. The van der Waals surface area contributed by atoms with Crippen molar-refractivity contribution in [2.75, 3.05) is 6.61 Å². The lowest BCUT2D eigenvalue weighted by molar-refractivity contribution is -0.137. The number of aliphatic carboxylic acids is 1. The van der Waals surface area contributed by atoms with E-state index in [0.717, 1.165) is 0 Å². The van der Waals surface area contributed by atoms with Gasteiger partial charge < -0.3 is 15.5 Å². The van der Waals surface area contributed by atoms with Gasteiger partial charge in [-0.2, -0.15) is 0 Å². The Hall–Kier alpha value is -1.10. The predicted molar refractivity (Wildman–Crippen MR) is 50.8 cm³/mol. The lowest BCUT2D eigenvalue weighted by Gasteiger charge is -2.09. The summed E-state index contributed by atoms with van der Waals surface area (Å²) < 4.78 is 0. The number of aliphatic hydroxyl groups is 1. The molecule has 5 nitrogen and oxygen atoms in total. The van der Waals surface area contributed by atoms with Crippen molar-refractivity contribution in [1.29, 1.82) is 0 Å². The molecule has 0 heterocycles. The van der Waals surface area contributed by atoms with Crippen molar-refractivity contribution in [1.82, 2.24) is 5.32 Å². The van der Waals surface area contributed by atoms with Crippen LogP contribution in [0.3, 0.4) is 0 Å². The molecule has 5 heteroatoms. The van der Waals surface area contributed by atoms with Crippen LogP contribution in [0, 0.1) is 0 Å². The van der Waals surface area contributed by atoms with Crippen LogP contribution in [0.4, 0.5) is 0 Å². The first-order chi connectivity index (χ1) is 6.56. The van der Waals surface area contributed by atoms with E-state index in [2.05, 4.69) is 5.32 Å². The molecule has 0 radical (unpaired) electrons. The maximum absolute atomic E-state index is 11.1. The normalized spacial score (nSPS) is 12.1. The maximum atomic E-state index is 11.1. The zero-order valence-electron chi connectivity index (χ0n) is 8.32. The van der Waals surface area contributed by atoms with Crippen LogP contribution in [0.15, 0.2) is 0 Å². The molecule has 0 spiro atoms. The van der Waals surface area contributed by atoms with Gasteiger partial charge in [-0.05, 0) is 19.8 Å². The zero-order valence-corrected chi connectivity index (χ0v) is 8.32. The van der Waals surface area contributed by atoms with E-state index in [1.807, 2.05) is 0 Å². The monoisotopic (exact) mass is 203 g/mol. The van der Waals surface area contributed by atoms with Crippen molar-refractivity contribution in [2.24, 2.45) is 0 Å². The molecule has 0 fully saturated rings. The first-order valence-electron chi connectivity index (χ1n) is 4.68. The van der Waals surface area contributed by atoms with Gasteiger partial charge in [-0.15, -0.1) is 0 Å². The highest BCUT2D eigenvalue weighted by Gasteiger charge is 2.05. The average Bonchev–Trinajstić information content (AvgIpc) is 2.12. The molecular formula is C9H17NO4. The van der Waals surface area contributed by atoms with Gasteiger partial charge in [-0.1, -0.05) is 0 Å². The van der Waals surface area contributed by atoms with Crippen LogP contribution < -0.4 is 5.32 Å². The fourth-order valence-electron chi connectivity index (χ4n) is 0.954. The number of unbranched alkanes of at least 4 members (excludes halogenated alkanes) is 1. The van der Waals surface area contributed by atoms with Crippen LogP contribution >= 0.6 is 0 Å². The minimum Gasteiger partial charge on any atom is -0.481 e. The molecule has 0 saturated heterocycles. The van der Waals surface area contributed by atoms with Gasteiger partial charge in [0.15, 0.2) is 0 Å². The second-order valence-corrected chi connectivity index (χ2v) is 3.25. The third kappa shape index (κ3) is 7.54. The number of carbonyl (C=O) groups is 2. The molecule has 0 unspecified atom stereocenters. The van der Waals surface area contributed by atoms with E-state index in [1.165, 1.54) is 0 Å². The SMILES string of the molecule is C[C@H](CO)NC(=O)CCCCC(=O)O. The Morgan fingerprint density at radius 2 is 1.86 bits per heavy atom. The van der Waals surface area contributed by atoms with E-state index in [0.29, 0.717) is 19.3 Å². The number of aliphatic hydroxyl groups excluding tert-OH is 1. The lowest BCUT2D eigenvalue weighted by Crippen LogP contribution is -2.34. The van der Waals surface area contributed by atoms with Crippen molar-refractivity contribution in [2.45, 2.75) is 38.6 Å². The number of rotatable bonds is 7. The minimum absolute atomic E-state index is 0.0825. The smallest absolute Gasteiger partial charge is 0.303 e. The van der Waals surface area contributed by atoms with Gasteiger partial charge in [0.05, 0.1) is 6.61 Å². The highest BCUT2D eigenvalue weighted by atomic mass is 16.4. The lowest BCUT2D eigenvalue weighted by atomic mass is 10.2. The number of carboxylic acid groups (broad SMARTS) is 1. The molecule has 0 aromatic carbocycles. The van der Waals surface area contributed by atoms with Gasteiger partial charge in [0.2, 0.25) is 5.91 Å². The quantitative estimate of drug-likeness (QED) is 0.513. The Morgan fingerprint density at radius 3 is 2.36 bits per heavy atom. The molecule has 0 bridgehead atoms. The van der Waals surface area contributed by atoms with Gasteiger partial charge in [0.25, 0.3) is 0 Å². The average molecular weight is 203 g/mol. The molecular weight excluding hydrogens is 186 g/mol. The number of hydrogen-bond donors (Lipinski definition) is 3. The predicted octanol–water partition coefficient (Wildman–Crippen LogP) is 0.128. The summed E-state index contributed by atoms with van der Waals surface area (Å²) in [4.78, 5) is 21.2. The molecule has 0 aliphatic heterocycles. The topological polar surface area (TPSA) is 86.6 Å². The second-order valence-electron chi connectivity index (χ2n) is 3.25. The minimum atomic E-state index is -0.839. The summed E-state index contributed by atoms with van der Waals surface area (Å²) in [5.74, 6) is -0.980. The van der Waals surface area contributed by atoms with Crippen LogP contribution in [0.1, 0.15) is 32.6 Å². The van der Waals surface area contributed by atoms with Crippen LogP contribution in [-0.2, 0) is 9.59 Å². The Bertz CT molecular complexity index is 193. The van der Waals surface area contributed by atoms with Crippen molar-refractivity contribution in [3.63, 3.8) is 0 Å². The fourth-order valence-corrected chi connectivity index (χ4v) is 0.954. The second kappa shape index (κ2) is 7.32. The van der Waals surface area contributed by atoms with Gasteiger partial charge in [-0.3, -0.25) is 9.59 Å². The largest absolute Gasteiger partial charge is 0.481 e. The van der Waals surface area contributed by atoms with E-state index in [4.69, 9.17) is 10.2 Å². The standard InChI is InChI=1S/C9H17NO4/c1-7(6-11)10-8(12)4-2-3-5-9(13)14/h7,11H,2-6H2,1H3,(H,10,12)(H,13,14)/t7-/m1/s1. The Balaban J connectivity index is 3.40. The van der Waals surface area contributed by atoms with E-state index < -0.39 is 5.97 Å². The number of nitrogens with one attached hydrogen (secondary N) is 1. The van der Waals surface area contributed by atoms with Gasteiger partial charge in [-0.25, -0.2) is 0 Å². The van der Waals surface area contributed by atoms with Crippen LogP contribution in [0.25, 0.3) is 0 Å². The zero-order chi connectivity index (χ0) is 11.0. The first-order valence-corrected chi connectivity index (χ1v) is 4.68. The van der Waals surface area contributed by atoms with Crippen molar-refractivity contribution >= 4 is 11.9 Å². The maximum Gasteiger partial charge on any atom is 0.303 e. The van der Waals surface area contributed by atoms with Crippen LogP contribution in [0.2, 0.25) is 0 Å². The summed E-state index contributed by atoms with van der Waals surface area (Å²) in [6, 6.07) is -0.234. The third-order valence-corrected chi connectivity index (χ3v) is 1.73. The molecule has 0 rings (SSSR count). The number of amides is 1. The summed E-state index contributed by atoms with van der Waals surface area (Å²) in [7, 11) is 0. The summed E-state index contributed by atoms with van der Waals surface area (Å²) in [5.41, 5.74) is 0. The van der Waals surface area contributed by atoms with E-state index >= 15 is 0 Å². The van der Waals surface area contributed by atoms with Gasteiger partial charge >= 0.3 is 5.97 Å². The Kier molecular flexibility index (Phi) is 6.74. The highest BCUT2D eigenvalue weighted by molar-refractivity contribution is 5.76. The first kappa shape index (κ1) is 12.9. The molecule has 0 aliphatic rings. The Labute approximate surface area is 83.1 Å². The van der Waals surface area contributed by atoms with Crippen LogP contribution in [-0.4, -0.2) is 34.7 Å². The van der Waals surface area contributed by atoms with E-state index in [-0.39, 0.29) is 25.0 Å². The van der Waals surface area contributed by atoms with E-state index in [9.17, 15) is 9.59 Å². The Morgan fingerprint density at radius 1 is 1.29 bits per heavy atom.